The van der Waals surface area contributed by atoms with E-state index < -0.39 is 11.5 Å². The lowest BCUT2D eigenvalue weighted by Crippen LogP contribution is -2.39. The van der Waals surface area contributed by atoms with Crippen molar-refractivity contribution < 1.29 is 14.0 Å². The summed E-state index contributed by atoms with van der Waals surface area (Å²) in [5.41, 5.74) is 0.692. The van der Waals surface area contributed by atoms with E-state index in [4.69, 9.17) is 16.0 Å². The van der Waals surface area contributed by atoms with Crippen LogP contribution in [0.1, 0.15) is 22.3 Å². The summed E-state index contributed by atoms with van der Waals surface area (Å²) in [6.45, 7) is 1.01. The Hall–Kier alpha value is -3.12. The molecule has 1 fully saturated rings. The van der Waals surface area contributed by atoms with E-state index in [1.165, 1.54) is 6.07 Å². The van der Waals surface area contributed by atoms with Crippen molar-refractivity contribution >= 4 is 34.4 Å². The Labute approximate surface area is 172 Å². The summed E-state index contributed by atoms with van der Waals surface area (Å²) in [5, 5.41) is 3.82. The zero-order valence-corrected chi connectivity index (χ0v) is 16.3. The zero-order chi connectivity index (χ0) is 20.4. The number of benzene rings is 2. The number of hydrogen-bond acceptors (Lipinski definition) is 4. The van der Waals surface area contributed by atoms with Gasteiger partial charge in [0.05, 0.1) is 6.04 Å². The van der Waals surface area contributed by atoms with E-state index in [1.54, 1.807) is 23.1 Å². The SMILES string of the molecule is O=C(NC1CC(=O)N(CCc2ccccc2)C1)c1cc2cc(Cl)ccc2oc1=O. The lowest BCUT2D eigenvalue weighted by molar-refractivity contribution is -0.127. The fourth-order valence-corrected chi connectivity index (χ4v) is 3.69. The van der Waals surface area contributed by atoms with Crippen molar-refractivity contribution in [2.45, 2.75) is 18.9 Å². The molecule has 0 saturated carbocycles. The Morgan fingerprint density at radius 3 is 2.72 bits per heavy atom. The van der Waals surface area contributed by atoms with Crippen LogP contribution in [-0.2, 0) is 11.2 Å². The van der Waals surface area contributed by atoms with E-state index in [-0.39, 0.29) is 23.9 Å². The highest BCUT2D eigenvalue weighted by Crippen LogP contribution is 2.19. The molecule has 1 atom stereocenters. The average Bonchev–Trinajstić information content (AvgIpc) is 3.06. The predicted molar refractivity (Wildman–Crippen MR) is 110 cm³/mol. The van der Waals surface area contributed by atoms with Crippen LogP contribution in [0.25, 0.3) is 11.0 Å². The summed E-state index contributed by atoms with van der Waals surface area (Å²) < 4.78 is 5.21. The molecule has 2 aromatic carbocycles. The number of carbonyl (C=O) groups is 2. The number of carbonyl (C=O) groups excluding carboxylic acids is 2. The third kappa shape index (κ3) is 4.32. The molecule has 6 nitrogen and oxygen atoms in total. The van der Waals surface area contributed by atoms with Gasteiger partial charge in [-0.05, 0) is 36.2 Å². The van der Waals surface area contributed by atoms with Crippen LogP contribution in [0.3, 0.4) is 0 Å². The second-order valence-electron chi connectivity index (χ2n) is 7.08. The van der Waals surface area contributed by atoms with E-state index in [2.05, 4.69) is 5.32 Å². The van der Waals surface area contributed by atoms with Crippen molar-refractivity contribution in [3.63, 3.8) is 0 Å². The Kier molecular flexibility index (Phi) is 5.36. The van der Waals surface area contributed by atoms with Crippen LogP contribution in [0, 0.1) is 0 Å². The molecular formula is C22H19ClN2O4. The van der Waals surface area contributed by atoms with Crippen molar-refractivity contribution in [1.82, 2.24) is 10.2 Å². The fraction of sp³-hybridized carbons (Fsp3) is 0.227. The Morgan fingerprint density at radius 1 is 1.14 bits per heavy atom. The maximum absolute atomic E-state index is 12.6. The first-order valence-corrected chi connectivity index (χ1v) is 9.73. The van der Waals surface area contributed by atoms with Crippen LogP contribution in [0.2, 0.25) is 5.02 Å². The summed E-state index contributed by atoms with van der Waals surface area (Å²) in [5.74, 6) is -0.563. The number of likely N-dealkylation sites (tertiary alicyclic amines) is 1. The second-order valence-corrected chi connectivity index (χ2v) is 7.52. The molecule has 0 spiro atoms. The van der Waals surface area contributed by atoms with Gasteiger partial charge in [0, 0.05) is 29.9 Å². The van der Waals surface area contributed by atoms with Crippen molar-refractivity contribution in [2.24, 2.45) is 0 Å². The van der Waals surface area contributed by atoms with Crippen LogP contribution >= 0.6 is 11.6 Å². The average molecular weight is 411 g/mol. The number of rotatable bonds is 5. The third-order valence-corrected chi connectivity index (χ3v) is 5.24. The van der Waals surface area contributed by atoms with E-state index >= 15 is 0 Å². The van der Waals surface area contributed by atoms with Crippen molar-refractivity contribution in [3.05, 3.63) is 81.2 Å². The highest BCUT2D eigenvalue weighted by Gasteiger charge is 2.31. The Morgan fingerprint density at radius 2 is 1.93 bits per heavy atom. The summed E-state index contributed by atoms with van der Waals surface area (Å²) in [4.78, 5) is 38.8. The fourth-order valence-electron chi connectivity index (χ4n) is 3.51. The van der Waals surface area contributed by atoms with Gasteiger partial charge < -0.3 is 14.6 Å². The Bertz CT molecular complexity index is 1130. The molecule has 1 N–H and O–H groups in total. The van der Waals surface area contributed by atoms with Gasteiger partial charge in [0.2, 0.25) is 5.91 Å². The molecule has 29 heavy (non-hydrogen) atoms. The van der Waals surface area contributed by atoms with Gasteiger partial charge in [-0.15, -0.1) is 0 Å². The highest BCUT2D eigenvalue weighted by atomic mass is 35.5. The summed E-state index contributed by atoms with van der Waals surface area (Å²) in [6, 6.07) is 15.9. The van der Waals surface area contributed by atoms with Crippen LogP contribution in [0.5, 0.6) is 0 Å². The standard InChI is InChI=1S/C22H19ClN2O4/c23-16-6-7-19-15(10-16)11-18(22(28)29-19)21(27)24-17-12-20(26)25(13-17)9-8-14-4-2-1-3-5-14/h1-7,10-11,17H,8-9,12-13H2,(H,24,27). The topological polar surface area (TPSA) is 79.6 Å². The minimum atomic E-state index is -0.720. The predicted octanol–water partition coefficient (Wildman–Crippen LogP) is 3.02. The monoisotopic (exact) mass is 410 g/mol. The molecule has 1 saturated heterocycles. The number of nitrogens with one attached hydrogen (secondary N) is 1. The first kappa shape index (κ1) is 19.2. The maximum Gasteiger partial charge on any atom is 0.349 e. The van der Waals surface area contributed by atoms with Crippen molar-refractivity contribution in [3.8, 4) is 0 Å². The molecule has 7 heteroatoms. The zero-order valence-electron chi connectivity index (χ0n) is 15.6. The molecule has 0 aliphatic carbocycles. The number of amides is 2. The smallest absolute Gasteiger partial charge is 0.349 e. The molecule has 1 aromatic heterocycles. The number of halogens is 1. The van der Waals surface area contributed by atoms with Gasteiger partial charge in [-0.2, -0.15) is 0 Å². The third-order valence-electron chi connectivity index (χ3n) is 5.00. The van der Waals surface area contributed by atoms with Crippen LogP contribution in [-0.4, -0.2) is 35.8 Å². The number of hydrogen-bond donors (Lipinski definition) is 1. The van der Waals surface area contributed by atoms with Crippen LogP contribution < -0.4 is 10.9 Å². The number of nitrogens with zero attached hydrogens (tertiary/aromatic N) is 1. The first-order valence-electron chi connectivity index (χ1n) is 9.35. The first-order chi connectivity index (χ1) is 14.0. The molecule has 148 valence electrons. The lowest BCUT2D eigenvalue weighted by Gasteiger charge is -2.17. The summed E-state index contributed by atoms with van der Waals surface area (Å²) in [7, 11) is 0. The van der Waals surface area contributed by atoms with Crippen LogP contribution in [0.15, 0.2) is 63.8 Å². The summed E-state index contributed by atoms with van der Waals surface area (Å²) >= 11 is 5.97. The van der Waals surface area contributed by atoms with Gasteiger partial charge >= 0.3 is 5.63 Å². The van der Waals surface area contributed by atoms with E-state index in [0.29, 0.717) is 29.1 Å². The molecular weight excluding hydrogens is 392 g/mol. The minimum Gasteiger partial charge on any atom is -0.422 e. The quantitative estimate of drug-likeness (QED) is 0.656. The molecule has 2 amide bonds. The second kappa shape index (κ2) is 8.09. The molecule has 2 heterocycles. The van der Waals surface area contributed by atoms with Crippen molar-refractivity contribution in [2.75, 3.05) is 13.1 Å². The van der Waals surface area contributed by atoms with Gasteiger partial charge in [0.25, 0.3) is 5.91 Å². The highest BCUT2D eigenvalue weighted by molar-refractivity contribution is 6.31. The van der Waals surface area contributed by atoms with E-state index in [0.717, 1.165) is 12.0 Å². The van der Waals surface area contributed by atoms with Crippen molar-refractivity contribution in [1.29, 1.82) is 0 Å². The number of fused-ring (bicyclic) bond motifs is 1. The minimum absolute atomic E-state index is 0.0106. The lowest BCUT2D eigenvalue weighted by atomic mass is 10.1. The molecule has 0 bridgehead atoms. The molecule has 1 unspecified atom stereocenters. The van der Waals surface area contributed by atoms with Gasteiger partial charge in [0.15, 0.2) is 0 Å². The normalized spacial score (nSPS) is 16.4. The van der Waals surface area contributed by atoms with Gasteiger partial charge in [-0.25, -0.2) is 4.79 Å². The van der Waals surface area contributed by atoms with E-state index in [9.17, 15) is 14.4 Å². The largest absolute Gasteiger partial charge is 0.422 e. The van der Waals surface area contributed by atoms with E-state index in [1.807, 2.05) is 30.3 Å². The molecule has 0 radical (unpaired) electrons. The molecule has 1 aliphatic heterocycles. The molecule has 4 rings (SSSR count). The maximum atomic E-state index is 12.6. The van der Waals surface area contributed by atoms with Gasteiger partial charge in [-0.1, -0.05) is 41.9 Å². The van der Waals surface area contributed by atoms with Gasteiger partial charge in [-0.3, -0.25) is 9.59 Å². The van der Waals surface area contributed by atoms with Crippen LogP contribution in [0.4, 0.5) is 0 Å². The van der Waals surface area contributed by atoms with Gasteiger partial charge in [0.1, 0.15) is 11.1 Å². The molecule has 3 aromatic rings. The Balaban J connectivity index is 1.42. The summed E-state index contributed by atoms with van der Waals surface area (Å²) in [6.07, 6.45) is 0.966. The molecule has 1 aliphatic rings.